The van der Waals surface area contributed by atoms with Gasteiger partial charge in [-0.1, -0.05) is 71.7 Å². The van der Waals surface area contributed by atoms with E-state index in [0.717, 1.165) is 22.6 Å². The van der Waals surface area contributed by atoms with Crippen LogP contribution in [-0.2, 0) is 31.8 Å². The zero-order valence-corrected chi connectivity index (χ0v) is 36.0. The molecule has 2 heterocycles. The minimum absolute atomic E-state index is 0.00657. The molecule has 4 aromatic rings. The highest BCUT2D eigenvalue weighted by atomic mass is 35.5. The van der Waals surface area contributed by atoms with E-state index >= 15 is 0 Å². The fourth-order valence-corrected chi connectivity index (χ4v) is 7.40. The molecular weight excluding hydrogens is 879 g/mol. The number of aliphatic hydroxyl groups is 5. The zero-order valence-electron chi connectivity index (χ0n) is 34.5. The summed E-state index contributed by atoms with van der Waals surface area (Å²) < 4.78 is 87.9. The van der Waals surface area contributed by atoms with E-state index in [-0.39, 0.29) is 6.61 Å². The Morgan fingerprint density at radius 3 is 1.43 bits per heavy atom. The van der Waals surface area contributed by atoms with E-state index in [1.54, 1.807) is 30.3 Å². The van der Waals surface area contributed by atoms with Gasteiger partial charge < -0.3 is 54.0 Å². The van der Waals surface area contributed by atoms with Crippen LogP contribution in [0.4, 0.5) is 22.4 Å². The molecule has 2 aliphatic rings. The first-order valence-corrected chi connectivity index (χ1v) is 20.9. The van der Waals surface area contributed by atoms with Crippen LogP contribution in [0.15, 0.2) is 84.9 Å². The first kappa shape index (κ1) is 49.8. The number of carbonyl (C=O) groups excluding carboxylic acids is 1. The van der Waals surface area contributed by atoms with Gasteiger partial charge in [-0.15, -0.1) is 0 Å². The molecule has 0 aliphatic carbocycles. The molecule has 2 saturated heterocycles. The number of halogens is 6. The lowest BCUT2D eigenvalue weighted by Crippen LogP contribution is -2.60. The van der Waals surface area contributed by atoms with Gasteiger partial charge in [-0.05, 0) is 103 Å². The zero-order chi connectivity index (χ0) is 46.1. The highest BCUT2D eigenvalue weighted by molar-refractivity contribution is 6.31. The quantitative estimate of drug-likeness (QED) is 0.0627. The van der Waals surface area contributed by atoms with Crippen LogP contribution in [0, 0.1) is 0 Å². The lowest BCUT2D eigenvalue weighted by atomic mass is 9.89. The van der Waals surface area contributed by atoms with Gasteiger partial charge in [-0.25, -0.2) is 22.4 Å². The molecule has 2 fully saturated rings. The molecule has 5 N–H and O–H groups in total. The molecule has 0 radical (unpaired) electrons. The summed E-state index contributed by atoms with van der Waals surface area (Å²) in [7, 11) is 0. The highest BCUT2D eigenvalue weighted by Gasteiger charge is 2.59. The highest BCUT2D eigenvalue weighted by Crippen LogP contribution is 2.43. The van der Waals surface area contributed by atoms with Crippen molar-refractivity contribution in [1.29, 1.82) is 0 Å². The minimum atomic E-state index is -3.86. The predicted octanol–water partition coefficient (Wildman–Crippen LogP) is 7.42. The molecule has 344 valence electrons. The van der Waals surface area contributed by atoms with Gasteiger partial charge in [0.05, 0.1) is 26.4 Å². The van der Waals surface area contributed by atoms with Crippen molar-refractivity contribution in [1.82, 2.24) is 0 Å². The van der Waals surface area contributed by atoms with Crippen molar-refractivity contribution in [3.05, 3.63) is 128 Å². The van der Waals surface area contributed by atoms with Crippen molar-refractivity contribution in [2.75, 3.05) is 33.0 Å². The lowest BCUT2D eigenvalue weighted by Gasteiger charge is -2.42. The average molecular weight is 930 g/mol. The van der Waals surface area contributed by atoms with Crippen molar-refractivity contribution in [2.24, 2.45) is 0 Å². The number of rotatable bonds is 14. The molecule has 18 heteroatoms. The first-order valence-electron chi connectivity index (χ1n) is 20.1. The van der Waals surface area contributed by atoms with Gasteiger partial charge in [0.15, 0.2) is 6.10 Å². The fraction of sp³-hybridized carbons (Fsp3) is 0.444. The Labute approximate surface area is 371 Å². The van der Waals surface area contributed by atoms with Crippen molar-refractivity contribution < 1.29 is 76.3 Å². The summed E-state index contributed by atoms with van der Waals surface area (Å²) in [6, 6.07) is 24.4. The van der Waals surface area contributed by atoms with E-state index in [1.807, 2.05) is 62.4 Å². The van der Waals surface area contributed by atoms with Gasteiger partial charge in [0.1, 0.15) is 60.8 Å². The number of benzene rings is 4. The van der Waals surface area contributed by atoms with E-state index in [1.165, 1.54) is 13.0 Å². The van der Waals surface area contributed by atoms with Crippen molar-refractivity contribution in [3.8, 4) is 11.5 Å². The normalized spacial score (nSPS) is 25.0. The molecule has 2 aliphatic heterocycles. The Kier molecular flexibility index (Phi) is 17.5. The average Bonchev–Trinajstić information content (AvgIpc) is 3.25. The summed E-state index contributed by atoms with van der Waals surface area (Å²) in [5, 5.41) is 50.7. The van der Waals surface area contributed by atoms with Gasteiger partial charge in [0.25, 0.3) is 0 Å². The molecule has 0 saturated carbocycles. The standard InChI is InChI=1S/C24H27ClF2O7.C21H23ClF2O5/c1-3-31-17-8-5-14(6-9-17)11-16-12-15(7-10-18(16)25)21-20(28)22(29)24(26,27)19(34-21)13-33-23(30)32-4-2;1-2-28-15-6-3-12(4-7-15)9-14-10-13(5-8-16(14)22)19-18(26)20(27)21(23,24)17(11-25)29-19/h5-10,12,19-22,28-29H,3-4,11,13H2,1-2H3;3-8,10,17-20,25-27H,2,9,11H2,1H3. The maximum Gasteiger partial charge on any atom is 0.508 e. The number of ether oxygens (including phenoxy) is 6. The fourth-order valence-electron chi connectivity index (χ4n) is 7.03. The van der Waals surface area contributed by atoms with Crippen LogP contribution in [0.25, 0.3) is 0 Å². The van der Waals surface area contributed by atoms with Gasteiger partial charge in [0.2, 0.25) is 0 Å². The smallest absolute Gasteiger partial charge is 0.494 e. The van der Waals surface area contributed by atoms with Crippen molar-refractivity contribution in [2.45, 2.75) is 94.3 Å². The Hall–Kier alpha value is -4.23. The molecule has 0 spiro atoms. The van der Waals surface area contributed by atoms with E-state index in [4.69, 9.17) is 42.1 Å². The number of hydrogen-bond donors (Lipinski definition) is 5. The minimum Gasteiger partial charge on any atom is -0.494 e. The molecule has 4 aromatic carbocycles. The van der Waals surface area contributed by atoms with Crippen LogP contribution in [-0.4, -0.2) is 113 Å². The van der Waals surface area contributed by atoms with Crippen LogP contribution in [0.3, 0.4) is 0 Å². The summed E-state index contributed by atoms with van der Waals surface area (Å²) in [6.07, 6.45) is -15.3. The second kappa shape index (κ2) is 22.1. The van der Waals surface area contributed by atoms with Crippen LogP contribution in [0.1, 0.15) is 66.4 Å². The second-order valence-electron chi connectivity index (χ2n) is 14.7. The summed E-state index contributed by atoms with van der Waals surface area (Å²) in [6.45, 7) is 4.60. The molecule has 63 heavy (non-hydrogen) atoms. The molecular formula is C45H50Cl2F4O12. The molecule has 8 unspecified atom stereocenters. The Bertz CT molecular complexity index is 2090. The third-order valence-corrected chi connectivity index (χ3v) is 11.1. The monoisotopic (exact) mass is 928 g/mol. The van der Waals surface area contributed by atoms with Crippen LogP contribution in [0.2, 0.25) is 10.0 Å². The maximum absolute atomic E-state index is 14.6. The van der Waals surface area contributed by atoms with Crippen LogP contribution in [0.5, 0.6) is 11.5 Å². The van der Waals surface area contributed by atoms with Crippen molar-refractivity contribution in [3.63, 3.8) is 0 Å². The molecule has 8 atom stereocenters. The summed E-state index contributed by atoms with van der Waals surface area (Å²) in [5.74, 6) is -6.14. The molecule has 0 bridgehead atoms. The number of carbonyl (C=O) groups is 1. The van der Waals surface area contributed by atoms with Gasteiger partial charge >= 0.3 is 18.0 Å². The van der Waals surface area contributed by atoms with Crippen LogP contribution >= 0.6 is 23.2 Å². The predicted molar refractivity (Wildman–Crippen MR) is 223 cm³/mol. The largest absolute Gasteiger partial charge is 0.508 e. The Morgan fingerprint density at radius 2 is 1.03 bits per heavy atom. The van der Waals surface area contributed by atoms with E-state index < -0.39 is 80.0 Å². The molecule has 0 amide bonds. The van der Waals surface area contributed by atoms with E-state index in [0.29, 0.717) is 58.4 Å². The van der Waals surface area contributed by atoms with Gasteiger partial charge in [-0.3, -0.25) is 0 Å². The Morgan fingerprint density at radius 1 is 0.619 bits per heavy atom. The third kappa shape index (κ3) is 12.1. The number of aliphatic hydroxyl groups excluding tert-OH is 5. The lowest BCUT2D eigenvalue weighted by molar-refractivity contribution is -0.296. The van der Waals surface area contributed by atoms with E-state index in [9.17, 15) is 47.9 Å². The second-order valence-corrected chi connectivity index (χ2v) is 15.5. The third-order valence-electron chi connectivity index (χ3n) is 10.4. The van der Waals surface area contributed by atoms with Gasteiger partial charge in [0, 0.05) is 10.0 Å². The summed E-state index contributed by atoms with van der Waals surface area (Å²) in [5.41, 5.74) is 3.99. The summed E-state index contributed by atoms with van der Waals surface area (Å²) in [4.78, 5) is 11.4. The topological polar surface area (TPSA) is 174 Å². The Balaban J connectivity index is 0.000000240. The summed E-state index contributed by atoms with van der Waals surface area (Å²) >= 11 is 12.6. The number of alkyl halides is 4. The maximum atomic E-state index is 14.6. The van der Waals surface area contributed by atoms with E-state index in [2.05, 4.69) is 9.47 Å². The van der Waals surface area contributed by atoms with Crippen LogP contribution < -0.4 is 9.47 Å². The SMILES string of the molecule is CCOC(=O)OCC1OC(c2ccc(Cl)c(Cc3ccc(OCC)cc3)c2)C(O)C(O)C1(F)F.CCOc1ccc(Cc2cc(C3OC(CO)C(F)(F)C(O)C3O)ccc2Cl)cc1. The number of hydrogen-bond acceptors (Lipinski definition) is 12. The first-order chi connectivity index (χ1) is 29.9. The molecule has 12 nitrogen and oxygen atoms in total. The van der Waals surface area contributed by atoms with Crippen molar-refractivity contribution >= 4 is 29.4 Å². The molecule has 0 aromatic heterocycles. The van der Waals surface area contributed by atoms with Gasteiger partial charge in [-0.2, -0.15) is 0 Å². The molecule has 6 rings (SSSR count).